The molecule has 1 atom stereocenters. The maximum atomic E-state index is 12.5. The second-order valence-corrected chi connectivity index (χ2v) is 6.66. The molecular formula is C20H24N4O3. The molecular weight excluding hydrogens is 344 g/mol. The van der Waals surface area contributed by atoms with Crippen molar-refractivity contribution in [3.63, 3.8) is 0 Å². The van der Waals surface area contributed by atoms with Crippen LogP contribution in [-0.2, 0) is 4.79 Å². The molecule has 1 unspecified atom stereocenters. The minimum absolute atomic E-state index is 0.173. The van der Waals surface area contributed by atoms with Gasteiger partial charge in [-0.15, -0.1) is 0 Å². The fraction of sp³-hybridized carbons (Fsp3) is 0.300. The number of amides is 3. The van der Waals surface area contributed by atoms with Crippen LogP contribution in [0.4, 0.5) is 0 Å². The van der Waals surface area contributed by atoms with Crippen molar-refractivity contribution >= 4 is 17.7 Å². The number of aryl methyl sites for hydroxylation is 1. The van der Waals surface area contributed by atoms with Crippen LogP contribution in [0.2, 0.25) is 0 Å². The van der Waals surface area contributed by atoms with Crippen molar-refractivity contribution in [1.82, 2.24) is 21.2 Å². The maximum absolute atomic E-state index is 12.5. The molecule has 1 heterocycles. The third-order valence-electron chi connectivity index (χ3n) is 3.94. The SMILES string of the molecule is Cc1ccccc1C(=O)NC(CC(C)C)C(=O)NNC(=O)c1cccnc1. The van der Waals surface area contributed by atoms with Crippen LogP contribution in [-0.4, -0.2) is 28.7 Å². The van der Waals surface area contributed by atoms with Gasteiger partial charge in [-0.25, -0.2) is 0 Å². The molecule has 0 spiro atoms. The first-order valence-corrected chi connectivity index (χ1v) is 8.75. The number of rotatable bonds is 6. The number of carbonyl (C=O) groups is 3. The summed E-state index contributed by atoms with van der Waals surface area (Å²) in [5.41, 5.74) is 6.38. The zero-order valence-corrected chi connectivity index (χ0v) is 15.7. The average molecular weight is 368 g/mol. The van der Waals surface area contributed by atoms with Crippen molar-refractivity contribution in [1.29, 1.82) is 0 Å². The van der Waals surface area contributed by atoms with Gasteiger partial charge in [-0.05, 0) is 43.0 Å². The topological polar surface area (TPSA) is 100 Å². The molecule has 2 aromatic rings. The van der Waals surface area contributed by atoms with Crippen molar-refractivity contribution in [3.8, 4) is 0 Å². The van der Waals surface area contributed by atoms with Gasteiger partial charge in [0.05, 0.1) is 5.56 Å². The monoisotopic (exact) mass is 368 g/mol. The summed E-state index contributed by atoms with van der Waals surface area (Å²) in [6, 6.07) is 9.60. The summed E-state index contributed by atoms with van der Waals surface area (Å²) in [5.74, 6) is -1.12. The van der Waals surface area contributed by atoms with Gasteiger partial charge in [-0.3, -0.25) is 30.2 Å². The van der Waals surface area contributed by atoms with Crippen LogP contribution in [0.25, 0.3) is 0 Å². The molecule has 0 bridgehead atoms. The third kappa shape index (κ3) is 5.91. The van der Waals surface area contributed by atoms with E-state index in [1.54, 1.807) is 30.5 Å². The molecule has 1 aromatic heterocycles. The highest BCUT2D eigenvalue weighted by Gasteiger charge is 2.23. The Bertz CT molecular complexity index is 806. The Balaban J connectivity index is 2.02. The van der Waals surface area contributed by atoms with Crippen LogP contribution in [0.5, 0.6) is 0 Å². The van der Waals surface area contributed by atoms with Crippen molar-refractivity contribution in [2.75, 3.05) is 0 Å². The van der Waals surface area contributed by atoms with E-state index in [1.165, 1.54) is 6.20 Å². The minimum atomic E-state index is -0.772. The summed E-state index contributed by atoms with van der Waals surface area (Å²) in [6.45, 7) is 5.74. The molecule has 0 aliphatic rings. The number of pyridine rings is 1. The van der Waals surface area contributed by atoms with E-state index in [0.717, 1.165) is 5.56 Å². The number of hydrogen-bond donors (Lipinski definition) is 3. The van der Waals surface area contributed by atoms with Crippen molar-refractivity contribution < 1.29 is 14.4 Å². The molecule has 7 nitrogen and oxygen atoms in total. The summed E-state index contributed by atoms with van der Waals surface area (Å²) < 4.78 is 0. The van der Waals surface area contributed by atoms with Crippen LogP contribution in [0.1, 0.15) is 46.5 Å². The van der Waals surface area contributed by atoms with E-state index in [0.29, 0.717) is 17.5 Å². The molecule has 142 valence electrons. The van der Waals surface area contributed by atoms with Crippen LogP contribution >= 0.6 is 0 Å². The number of aromatic nitrogens is 1. The number of nitrogens with zero attached hydrogens (tertiary/aromatic N) is 1. The molecule has 0 saturated carbocycles. The van der Waals surface area contributed by atoms with Crippen LogP contribution in [0.3, 0.4) is 0 Å². The largest absolute Gasteiger partial charge is 0.340 e. The van der Waals surface area contributed by atoms with Gasteiger partial charge in [0.25, 0.3) is 17.7 Å². The standard InChI is InChI=1S/C20H24N4O3/c1-13(2)11-17(22-19(26)16-9-5-4-7-14(16)3)20(27)24-23-18(25)15-8-6-10-21-12-15/h4-10,12-13,17H,11H2,1-3H3,(H,22,26)(H,23,25)(H,24,27). The first kappa shape index (κ1) is 20.1. The normalized spacial score (nSPS) is 11.6. The fourth-order valence-electron chi connectivity index (χ4n) is 2.54. The highest BCUT2D eigenvalue weighted by atomic mass is 16.2. The van der Waals surface area contributed by atoms with E-state index in [9.17, 15) is 14.4 Å². The van der Waals surface area contributed by atoms with E-state index in [1.807, 2.05) is 32.9 Å². The Labute approximate surface area is 158 Å². The van der Waals surface area contributed by atoms with Crippen molar-refractivity contribution in [2.45, 2.75) is 33.2 Å². The van der Waals surface area contributed by atoms with Gasteiger partial charge in [-0.2, -0.15) is 0 Å². The summed E-state index contributed by atoms with van der Waals surface area (Å²) in [7, 11) is 0. The van der Waals surface area contributed by atoms with Crippen LogP contribution < -0.4 is 16.2 Å². The van der Waals surface area contributed by atoms with E-state index in [4.69, 9.17) is 0 Å². The molecule has 2 rings (SSSR count). The Kier molecular flexibility index (Phi) is 7.05. The van der Waals surface area contributed by atoms with Gasteiger partial charge in [-0.1, -0.05) is 32.0 Å². The number of hydrazine groups is 1. The van der Waals surface area contributed by atoms with Gasteiger partial charge >= 0.3 is 0 Å². The second kappa shape index (κ2) is 9.47. The zero-order chi connectivity index (χ0) is 19.8. The Morgan fingerprint density at radius 2 is 1.74 bits per heavy atom. The number of nitrogens with one attached hydrogen (secondary N) is 3. The summed E-state index contributed by atoms with van der Waals surface area (Å²) in [6.07, 6.45) is 3.38. The molecule has 27 heavy (non-hydrogen) atoms. The maximum Gasteiger partial charge on any atom is 0.271 e. The van der Waals surface area contributed by atoms with Gasteiger partial charge in [0, 0.05) is 18.0 Å². The number of benzene rings is 1. The predicted octanol–water partition coefficient (Wildman–Crippen LogP) is 2.00. The van der Waals surface area contributed by atoms with Gasteiger partial charge in [0.2, 0.25) is 0 Å². The van der Waals surface area contributed by atoms with Gasteiger partial charge in [0.15, 0.2) is 0 Å². The van der Waals surface area contributed by atoms with Gasteiger partial charge in [0.1, 0.15) is 6.04 Å². The molecule has 0 aliphatic carbocycles. The highest BCUT2D eigenvalue weighted by molar-refractivity contribution is 5.99. The fourth-order valence-corrected chi connectivity index (χ4v) is 2.54. The smallest absolute Gasteiger partial charge is 0.271 e. The quantitative estimate of drug-likeness (QED) is 0.679. The summed E-state index contributed by atoms with van der Waals surface area (Å²) in [5, 5.41) is 2.75. The number of hydrogen-bond acceptors (Lipinski definition) is 4. The minimum Gasteiger partial charge on any atom is -0.340 e. The van der Waals surface area contributed by atoms with E-state index >= 15 is 0 Å². The van der Waals surface area contributed by atoms with Gasteiger partial charge < -0.3 is 5.32 Å². The Hall–Kier alpha value is -3.22. The average Bonchev–Trinajstić information content (AvgIpc) is 2.65. The lowest BCUT2D eigenvalue weighted by Crippen LogP contribution is -2.52. The Morgan fingerprint density at radius 3 is 2.37 bits per heavy atom. The van der Waals surface area contributed by atoms with Crippen molar-refractivity contribution in [2.24, 2.45) is 5.92 Å². The molecule has 0 radical (unpaired) electrons. The van der Waals surface area contributed by atoms with Crippen molar-refractivity contribution in [3.05, 3.63) is 65.5 Å². The molecule has 3 amide bonds. The predicted molar refractivity (Wildman–Crippen MR) is 102 cm³/mol. The summed E-state index contributed by atoms with van der Waals surface area (Å²) >= 11 is 0. The molecule has 0 aliphatic heterocycles. The Morgan fingerprint density at radius 1 is 1.00 bits per heavy atom. The molecule has 3 N–H and O–H groups in total. The van der Waals surface area contributed by atoms with Crippen LogP contribution in [0, 0.1) is 12.8 Å². The molecule has 1 aromatic carbocycles. The second-order valence-electron chi connectivity index (χ2n) is 6.66. The lowest BCUT2D eigenvalue weighted by atomic mass is 10.0. The first-order chi connectivity index (χ1) is 12.9. The third-order valence-corrected chi connectivity index (χ3v) is 3.94. The lowest BCUT2D eigenvalue weighted by molar-refractivity contribution is -0.124. The number of carbonyl (C=O) groups excluding carboxylic acids is 3. The molecule has 0 fully saturated rings. The lowest BCUT2D eigenvalue weighted by Gasteiger charge is -2.21. The molecule has 0 saturated heterocycles. The zero-order valence-electron chi connectivity index (χ0n) is 15.7. The van der Waals surface area contributed by atoms with E-state index in [2.05, 4.69) is 21.2 Å². The molecule has 7 heteroatoms. The highest BCUT2D eigenvalue weighted by Crippen LogP contribution is 2.10. The first-order valence-electron chi connectivity index (χ1n) is 8.75. The van der Waals surface area contributed by atoms with Crippen LogP contribution in [0.15, 0.2) is 48.8 Å². The van der Waals surface area contributed by atoms with E-state index in [-0.39, 0.29) is 11.8 Å². The summed E-state index contributed by atoms with van der Waals surface area (Å²) in [4.78, 5) is 40.9. The van der Waals surface area contributed by atoms with E-state index < -0.39 is 17.9 Å².